The predicted octanol–water partition coefficient (Wildman–Crippen LogP) is 4.58. The first kappa shape index (κ1) is 29.2. The van der Waals surface area contributed by atoms with Crippen molar-refractivity contribution in [2.24, 2.45) is 0 Å². The standard InChI is InChI=1S/C29H34ClN3O4S/c1-21(2)31-29(35)27(17-23-12-6-5-7-13-23)32(19-24-14-9-8-11-22(24)3)28(34)20-33(38(4,36)37)26-16-10-15-25(30)18-26/h5-16,18,21,27H,17,19-20H2,1-4H3,(H,31,35). The number of benzene rings is 3. The first-order chi connectivity index (χ1) is 18.0. The minimum atomic E-state index is -3.84. The van der Waals surface area contributed by atoms with Crippen LogP contribution in [0.4, 0.5) is 5.69 Å². The lowest BCUT2D eigenvalue weighted by Gasteiger charge is -2.34. The Bertz CT molecular complexity index is 1360. The summed E-state index contributed by atoms with van der Waals surface area (Å²) < 4.78 is 26.6. The van der Waals surface area contributed by atoms with Crippen molar-refractivity contribution < 1.29 is 18.0 Å². The van der Waals surface area contributed by atoms with E-state index in [1.807, 2.05) is 75.4 Å². The molecule has 9 heteroatoms. The first-order valence-electron chi connectivity index (χ1n) is 12.4. The number of nitrogens with zero attached hydrogens (tertiary/aromatic N) is 2. The molecule has 1 unspecified atom stereocenters. The summed E-state index contributed by atoms with van der Waals surface area (Å²) in [5, 5.41) is 3.29. The second kappa shape index (κ2) is 12.9. The maximum Gasteiger partial charge on any atom is 0.244 e. The zero-order valence-electron chi connectivity index (χ0n) is 22.1. The maximum atomic E-state index is 14.0. The number of nitrogens with one attached hydrogen (secondary N) is 1. The van der Waals surface area contributed by atoms with Gasteiger partial charge in [-0.1, -0.05) is 72.3 Å². The second-order valence-electron chi connectivity index (χ2n) is 9.57. The van der Waals surface area contributed by atoms with Crippen molar-refractivity contribution in [3.63, 3.8) is 0 Å². The Labute approximate surface area is 230 Å². The summed E-state index contributed by atoms with van der Waals surface area (Å²) in [5.74, 6) is -0.807. The van der Waals surface area contributed by atoms with Crippen LogP contribution in [0.2, 0.25) is 5.02 Å². The number of carbonyl (C=O) groups excluding carboxylic acids is 2. The third-order valence-electron chi connectivity index (χ3n) is 6.08. The largest absolute Gasteiger partial charge is 0.352 e. The van der Waals surface area contributed by atoms with E-state index in [0.717, 1.165) is 27.3 Å². The van der Waals surface area contributed by atoms with Gasteiger partial charge in [0, 0.05) is 24.0 Å². The summed E-state index contributed by atoms with van der Waals surface area (Å²) in [5.41, 5.74) is 2.98. The van der Waals surface area contributed by atoms with Crippen molar-refractivity contribution in [3.05, 3.63) is 101 Å². The van der Waals surface area contributed by atoms with Gasteiger partial charge in [0.05, 0.1) is 11.9 Å². The van der Waals surface area contributed by atoms with Gasteiger partial charge in [0.15, 0.2) is 0 Å². The lowest BCUT2D eigenvalue weighted by atomic mass is 10.0. The van der Waals surface area contributed by atoms with Crippen LogP contribution in [0.3, 0.4) is 0 Å². The molecule has 0 aliphatic carbocycles. The molecule has 0 aliphatic rings. The van der Waals surface area contributed by atoms with E-state index in [2.05, 4.69) is 5.32 Å². The molecule has 38 heavy (non-hydrogen) atoms. The Kier molecular flexibility index (Phi) is 9.94. The van der Waals surface area contributed by atoms with Crippen LogP contribution in [-0.4, -0.2) is 50.0 Å². The first-order valence-corrected chi connectivity index (χ1v) is 14.6. The molecule has 202 valence electrons. The van der Waals surface area contributed by atoms with E-state index in [4.69, 9.17) is 11.6 Å². The summed E-state index contributed by atoms with van der Waals surface area (Å²) in [6, 6.07) is 22.4. The van der Waals surface area contributed by atoms with E-state index >= 15 is 0 Å². The van der Waals surface area contributed by atoms with E-state index in [9.17, 15) is 18.0 Å². The van der Waals surface area contributed by atoms with Gasteiger partial charge in [0.2, 0.25) is 21.8 Å². The molecular weight excluding hydrogens is 522 g/mol. The molecule has 3 aromatic rings. The average molecular weight is 556 g/mol. The fourth-order valence-corrected chi connectivity index (χ4v) is 5.18. The van der Waals surface area contributed by atoms with Gasteiger partial charge in [-0.25, -0.2) is 8.42 Å². The van der Waals surface area contributed by atoms with E-state index in [-0.39, 0.29) is 30.6 Å². The number of rotatable bonds is 11. The van der Waals surface area contributed by atoms with Gasteiger partial charge in [-0.15, -0.1) is 0 Å². The predicted molar refractivity (Wildman–Crippen MR) is 153 cm³/mol. The monoisotopic (exact) mass is 555 g/mol. The Morgan fingerprint density at radius 3 is 2.21 bits per heavy atom. The number of hydrogen-bond donors (Lipinski definition) is 1. The van der Waals surface area contributed by atoms with Crippen LogP contribution < -0.4 is 9.62 Å². The molecule has 0 heterocycles. The van der Waals surface area contributed by atoms with E-state index in [0.29, 0.717) is 5.02 Å². The zero-order chi connectivity index (χ0) is 27.9. The normalized spacial score (nSPS) is 12.2. The lowest BCUT2D eigenvalue weighted by molar-refractivity contribution is -0.140. The molecule has 0 bridgehead atoms. The van der Waals surface area contributed by atoms with Gasteiger partial charge >= 0.3 is 0 Å². The molecule has 0 saturated heterocycles. The lowest BCUT2D eigenvalue weighted by Crippen LogP contribution is -2.54. The van der Waals surface area contributed by atoms with Gasteiger partial charge in [-0.05, 0) is 55.7 Å². The van der Waals surface area contributed by atoms with Crippen molar-refractivity contribution in [2.75, 3.05) is 17.1 Å². The summed E-state index contributed by atoms with van der Waals surface area (Å²) in [6.45, 7) is 5.31. The van der Waals surface area contributed by atoms with Gasteiger partial charge in [-0.3, -0.25) is 13.9 Å². The fraction of sp³-hybridized carbons (Fsp3) is 0.310. The number of hydrogen-bond acceptors (Lipinski definition) is 4. The summed E-state index contributed by atoms with van der Waals surface area (Å²) in [6.07, 6.45) is 1.31. The molecule has 7 nitrogen and oxygen atoms in total. The Balaban J connectivity index is 2.07. The maximum absolute atomic E-state index is 14.0. The third-order valence-corrected chi connectivity index (χ3v) is 7.46. The van der Waals surface area contributed by atoms with Crippen molar-refractivity contribution in [2.45, 2.75) is 45.8 Å². The smallest absolute Gasteiger partial charge is 0.244 e. The molecule has 1 atom stereocenters. The van der Waals surface area contributed by atoms with Crippen LogP contribution in [0.15, 0.2) is 78.9 Å². The number of aryl methyl sites for hydroxylation is 1. The van der Waals surface area contributed by atoms with Crippen LogP contribution >= 0.6 is 11.6 Å². The number of amides is 2. The Hall–Kier alpha value is -3.36. The highest BCUT2D eigenvalue weighted by molar-refractivity contribution is 7.92. The van der Waals surface area contributed by atoms with E-state index in [1.54, 1.807) is 18.2 Å². The van der Waals surface area contributed by atoms with Crippen molar-refractivity contribution in [3.8, 4) is 0 Å². The molecule has 2 amide bonds. The van der Waals surface area contributed by atoms with Crippen molar-refractivity contribution in [1.29, 1.82) is 0 Å². The minimum Gasteiger partial charge on any atom is -0.352 e. The highest BCUT2D eigenvalue weighted by Gasteiger charge is 2.33. The number of anilines is 1. The zero-order valence-corrected chi connectivity index (χ0v) is 23.7. The van der Waals surface area contributed by atoms with E-state index in [1.165, 1.54) is 11.0 Å². The number of sulfonamides is 1. The quantitative estimate of drug-likeness (QED) is 0.375. The minimum absolute atomic E-state index is 0.141. The summed E-state index contributed by atoms with van der Waals surface area (Å²) in [4.78, 5) is 29.0. The molecule has 0 aromatic heterocycles. The average Bonchev–Trinajstić information content (AvgIpc) is 2.85. The molecule has 1 N–H and O–H groups in total. The van der Waals surface area contributed by atoms with Gasteiger partial charge in [-0.2, -0.15) is 0 Å². The summed E-state index contributed by atoms with van der Waals surface area (Å²) >= 11 is 6.12. The SMILES string of the molecule is Cc1ccccc1CN(C(=O)CN(c1cccc(Cl)c1)S(C)(=O)=O)C(Cc1ccccc1)C(=O)NC(C)C. The van der Waals surface area contributed by atoms with Crippen molar-refractivity contribution in [1.82, 2.24) is 10.2 Å². The number of halogens is 1. The van der Waals surface area contributed by atoms with Crippen LogP contribution in [0, 0.1) is 6.92 Å². The third kappa shape index (κ3) is 8.07. The molecule has 0 spiro atoms. The van der Waals surface area contributed by atoms with Gasteiger partial charge in [0.1, 0.15) is 12.6 Å². The molecule has 0 saturated carbocycles. The van der Waals surface area contributed by atoms with Crippen LogP contribution in [0.5, 0.6) is 0 Å². The molecular formula is C29H34ClN3O4S. The van der Waals surface area contributed by atoms with Gasteiger partial charge < -0.3 is 10.2 Å². The van der Waals surface area contributed by atoms with Crippen LogP contribution in [-0.2, 0) is 32.6 Å². The molecule has 3 aromatic carbocycles. The molecule has 3 rings (SSSR count). The highest BCUT2D eigenvalue weighted by Crippen LogP contribution is 2.23. The topological polar surface area (TPSA) is 86.8 Å². The summed E-state index contributed by atoms with van der Waals surface area (Å²) in [7, 11) is -3.84. The Morgan fingerprint density at radius 2 is 1.61 bits per heavy atom. The van der Waals surface area contributed by atoms with Crippen molar-refractivity contribution >= 4 is 39.1 Å². The van der Waals surface area contributed by atoms with Crippen LogP contribution in [0.25, 0.3) is 0 Å². The fourth-order valence-electron chi connectivity index (χ4n) is 4.15. The van der Waals surface area contributed by atoms with Crippen LogP contribution in [0.1, 0.15) is 30.5 Å². The molecule has 0 aliphatic heterocycles. The van der Waals surface area contributed by atoms with E-state index < -0.39 is 28.5 Å². The molecule has 0 radical (unpaired) electrons. The number of carbonyl (C=O) groups is 2. The molecule has 0 fully saturated rings. The Morgan fingerprint density at radius 1 is 0.947 bits per heavy atom. The second-order valence-corrected chi connectivity index (χ2v) is 11.9. The van der Waals surface area contributed by atoms with Gasteiger partial charge in [0.25, 0.3) is 0 Å². The highest BCUT2D eigenvalue weighted by atomic mass is 35.5.